The molecule has 0 amide bonds. The molecule has 0 aliphatic rings. The second kappa shape index (κ2) is 5.95. The molecule has 0 unspecified atom stereocenters. The van der Waals surface area contributed by atoms with E-state index in [-0.39, 0.29) is 0 Å². The number of fused-ring (bicyclic) bond motifs is 1. The standard InChI is InChI=1S/C16H14BrNOS/c17-16-14-4-2-1-3-11(14)5-8-15(16)19-10-13-7-6-12(9-18)20-13/h1-8H,9-10,18H2. The van der Waals surface area contributed by atoms with Crippen LogP contribution in [0.5, 0.6) is 5.75 Å². The summed E-state index contributed by atoms with van der Waals surface area (Å²) in [4.78, 5) is 2.37. The van der Waals surface area contributed by atoms with Crippen molar-refractivity contribution >= 4 is 38.0 Å². The molecule has 0 aliphatic heterocycles. The minimum absolute atomic E-state index is 0.571. The highest BCUT2D eigenvalue weighted by molar-refractivity contribution is 9.10. The summed E-state index contributed by atoms with van der Waals surface area (Å²) < 4.78 is 6.92. The summed E-state index contributed by atoms with van der Waals surface area (Å²) in [6.07, 6.45) is 0. The van der Waals surface area contributed by atoms with Crippen molar-refractivity contribution in [1.82, 2.24) is 0 Å². The van der Waals surface area contributed by atoms with Crippen LogP contribution in [-0.2, 0) is 13.2 Å². The van der Waals surface area contributed by atoms with E-state index >= 15 is 0 Å². The Hall–Kier alpha value is -1.36. The summed E-state index contributed by atoms with van der Waals surface area (Å²) in [5.74, 6) is 0.867. The third-order valence-corrected chi connectivity index (χ3v) is 5.02. The van der Waals surface area contributed by atoms with Crippen molar-refractivity contribution in [3.63, 3.8) is 0 Å². The molecule has 20 heavy (non-hydrogen) atoms. The monoisotopic (exact) mass is 347 g/mol. The summed E-state index contributed by atoms with van der Waals surface area (Å²) in [6.45, 7) is 1.16. The summed E-state index contributed by atoms with van der Waals surface area (Å²) in [5.41, 5.74) is 5.62. The van der Waals surface area contributed by atoms with Gasteiger partial charge < -0.3 is 10.5 Å². The van der Waals surface area contributed by atoms with E-state index in [1.807, 2.05) is 18.2 Å². The van der Waals surface area contributed by atoms with Gasteiger partial charge in [-0.05, 0) is 44.9 Å². The molecule has 2 N–H and O–H groups in total. The lowest BCUT2D eigenvalue weighted by Crippen LogP contribution is -1.94. The van der Waals surface area contributed by atoms with Crippen LogP contribution in [0.1, 0.15) is 9.75 Å². The Morgan fingerprint density at radius 1 is 1.00 bits per heavy atom. The van der Waals surface area contributed by atoms with Crippen molar-refractivity contribution in [3.05, 3.63) is 62.8 Å². The Balaban J connectivity index is 1.82. The van der Waals surface area contributed by atoms with Crippen molar-refractivity contribution in [3.8, 4) is 5.75 Å². The lowest BCUT2D eigenvalue weighted by Gasteiger charge is -2.09. The third-order valence-electron chi connectivity index (χ3n) is 3.12. The van der Waals surface area contributed by atoms with E-state index < -0.39 is 0 Å². The first-order chi connectivity index (χ1) is 9.78. The molecule has 3 aromatic rings. The zero-order valence-electron chi connectivity index (χ0n) is 10.8. The van der Waals surface area contributed by atoms with E-state index in [0.717, 1.165) is 10.2 Å². The first-order valence-corrected chi connectivity index (χ1v) is 7.96. The normalized spacial score (nSPS) is 10.9. The first-order valence-electron chi connectivity index (χ1n) is 6.35. The van der Waals surface area contributed by atoms with Gasteiger partial charge in [0.15, 0.2) is 0 Å². The Kier molecular flexibility index (Phi) is 4.05. The van der Waals surface area contributed by atoms with Gasteiger partial charge in [0, 0.05) is 16.3 Å². The van der Waals surface area contributed by atoms with Crippen LogP contribution in [0, 0.1) is 0 Å². The lowest BCUT2D eigenvalue weighted by atomic mass is 10.1. The van der Waals surface area contributed by atoms with Gasteiger partial charge in [-0.2, -0.15) is 0 Å². The molecule has 102 valence electrons. The number of rotatable bonds is 4. The zero-order chi connectivity index (χ0) is 13.9. The number of nitrogens with two attached hydrogens (primary N) is 1. The van der Waals surface area contributed by atoms with E-state index in [1.165, 1.54) is 20.5 Å². The van der Waals surface area contributed by atoms with Gasteiger partial charge in [0.25, 0.3) is 0 Å². The van der Waals surface area contributed by atoms with Crippen LogP contribution in [0.2, 0.25) is 0 Å². The van der Waals surface area contributed by atoms with Gasteiger partial charge in [0.1, 0.15) is 12.4 Å². The van der Waals surface area contributed by atoms with Gasteiger partial charge in [-0.25, -0.2) is 0 Å². The number of hydrogen-bond acceptors (Lipinski definition) is 3. The fourth-order valence-corrected chi connectivity index (χ4v) is 3.50. The minimum atomic E-state index is 0.571. The van der Waals surface area contributed by atoms with Crippen LogP contribution in [-0.4, -0.2) is 0 Å². The number of ether oxygens (including phenoxy) is 1. The van der Waals surface area contributed by atoms with Crippen molar-refractivity contribution < 1.29 is 4.74 Å². The number of benzene rings is 2. The molecule has 1 aromatic heterocycles. The maximum absolute atomic E-state index is 5.91. The zero-order valence-corrected chi connectivity index (χ0v) is 13.2. The van der Waals surface area contributed by atoms with E-state index in [2.05, 4.69) is 46.3 Å². The van der Waals surface area contributed by atoms with Crippen molar-refractivity contribution in [2.75, 3.05) is 0 Å². The topological polar surface area (TPSA) is 35.2 Å². The molecule has 0 saturated carbocycles. The minimum Gasteiger partial charge on any atom is -0.487 e. The molecule has 0 fully saturated rings. The van der Waals surface area contributed by atoms with Crippen LogP contribution < -0.4 is 10.5 Å². The molecule has 4 heteroatoms. The van der Waals surface area contributed by atoms with Gasteiger partial charge in [0.2, 0.25) is 0 Å². The summed E-state index contributed by atoms with van der Waals surface area (Å²) in [5, 5.41) is 2.37. The average Bonchev–Trinajstić information content (AvgIpc) is 2.95. The van der Waals surface area contributed by atoms with Crippen LogP contribution in [0.15, 0.2) is 53.0 Å². The van der Waals surface area contributed by atoms with E-state index in [9.17, 15) is 0 Å². The number of halogens is 1. The number of thiophene rings is 1. The van der Waals surface area contributed by atoms with Gasteiger partial charge in [-0.3, -0.25) is 0 Å². The lowest BCUT2D eigenvalue weighted by molar-refractivity contribution is 0.308. The van der Waals surface area contributed by atoms with Crippen molar-refractivity contribution in [1.29, 1.82) is 0 Å². The van der Waals surface area contributed by atoms with Crippen LogP contribution in [0.4, 0.5) is 0 Å². The largest absolute Gasteiger partial charge is 0.487 e. The Morgan fingerprint density at radius 3 is 2.60 bits per heavy atom. The Morgan fingerprint density at radius 2 is 1.80 bits per heavy atom. The van der Waals surface area contributed by atoms with Crippen LogP contribution >= 0.6 is 27.3 Å². The quantitative estimate of drug-likeness (QED) is 0.742. The second-order valence-electron chi connectivity index (χ2n) is 4.46. The highest BCUT2D eigenvalue weighted by Crippen LogP contribution is 2.33. The van der Waals surface area contributed by atoms with E-state index in [0.29, 0.717) is 13.2 Å². The Labute approximate surface area is 130 Å². The first kappa shape index (κ1) is 13.6. The molecule has 0 saturated heterocycles. The predicted octanol–water partition coefficient (Wildman–Crippen LogP) is 4.70. The molecule has 0 aliphatic carbocycles. The van der Waals surface area contributed by atoms with Crippen molar-refractivity contribution in [2.45, 2.75) is 13.2 Å². The maximum Gasteiger partial charge on any atom is 0.134 e. The second-order valence-corrected chi connectivity index (χ2v) is 6.51. The van der Waals surface area contributed by atoms with Gasteiger partial charge >= 0.3 is 0 Å². The molecule has 0 bridgehead atoms. The molecule has 2 nitrogen and oxygen atoms in total. The fraction of sp³-hybridized carbons (Fsp3) is 0.125. The number of hydrogen-bond donors (Lipinski definition) is 1. The molecule has 0 atom stereocenters. The van der Waals surface area contributed by atoms with Crippen molar-refractivity contribution in [2.24, 2.45) is 5.73 Å². The molecule has 3 rings (SSSR count). The fourth-order valence-electron chi connectivity index (χ4n) is 2.08. The van der Waals surface area contributed by atoms with Gasteiger partial charge in [-0.15, -0.1) is 11.3 Å². The highest BCUT2D eigenvalue weighted by atomic mass is 79.9. The molecule has 0 spiro atoms. The molecular formula is C16H14BrNOS. The SMILES string of the molecule is NCc1ccc(COc2ccc3ccccc3c2Br)s1. The predicted molar refractivity (Wildman–Crippen MR) is 88.2 cm³/mol. The molecule has 0 radical (unpaired) electrons. The van der Waals surface area contributed by atoms with Gasteiger partial charge in [-0.1, -0.05) is 30.3 Å². The van der Waals surface area contributed by atoms with E-state index in [4.69, 9.17) is 10.5 Å². The average molecular weight is 348 g/mol. The van der Waals surface area contributed by atoms with E-state index in [1.54, 1.807) is 11.3 Å². The van der Waals surface area contributed by atoms with Crippen LogP contribution in [0.25, 0.3) is 10.8 Å². The third kappa shape index (κ3) is 2.73. The highest BCUT2D eigenvalue weighted by Gasteiger charge is 2.07. The summed E-state index contributed by atoms with van der Waals surface area (Å²) >= 11 is 5.33. The Bertz CT molecular complexity index is 738. The van der Waals surface area contributed by atoms with Crippen LogP contribution in [0.3, 0.4) is 0 Å². The smallest absolute Gasteiger partial charge is 0.134 e. The molecule has 2 aromatic carbocycles. The molecular weight excluding hydrogens is 334 g/mol. The van der Waals surface area contributed by atoms with Gasteiger partial charge in [0.05, 0.1) is 4.47 Å². The molecule has 1 heterocycles. The summed E-state index contributed by atoms with van der Waals surface area (Å²) in [7, 11) is 0. The maximum atomic E-state index is 5.91. The summed E-state index contributed by atoms with van der Waals surface area (Å²) in [6, 6.07) is 16.5.